The Morgan fingerprint density at radius 1 is 0.907 bits per heavy atom. The number of hydrogen-bond donors (Lipinski definition) is 1. The third kappa shape index (κ3) is 4.12. The number of rotatable bonds is 6. The average molecular weight is 611 g/mol. The van der Waals surface area contributed by atoms with Crippen LogP contribution < -0.4 is 19.2 Å². The average Bonchev–Trinajstić information content (AvgIpc) is 3.76. The van der Waals surface area contributed by atoms with Gasteiger partial charge in [0.25, 0.3) is 0 Å². The molecule has 1 saturated heterocycles. The number of thiazole rings is 1. The van der Waals surface area contributed by atoms with E-state index in [1.165, 1.54) is 21.8 Å². The minimum atomic E-state index is -0.335. The molecule has 4 aromatic rings. The number of thioether (sulfide) groups is 1. The van der Waals surface area contributed by atoms with Crippen LogP contribution in [0, 0.1) is 36.5 Å². The molecule has 2 bridgehead atoms. The summed E-state index contributed by atoms with van der Waals surface area (Å²) in [5.74, 6) is 0.633. The number of anilines is 1. The molecular weight excluding hydrogens is 581 g/mol. The van der Waals surface area contributed by atoms with Crippen molar-refractivity contribution in [2.75, 3.05) is 12.0 Å². The highest BCUT2D eigenvalue weighted by Crippen LogP contribution is 2.68. The van der Waals surface area contributed by atoms with Gasteiger partial charge in [0.15, 0.2) is 11.5 Å². The van der Waals surface area contributed by atoms with Crippen molar-refractivity contribution in [3.05, 3.63) is 104 Å². The minimum absolute atomic E-state index is 0.0523. The second kappa shape index (κ2) is 10.1. The molecule has 3 heterocycles. The zero-order valence-electron chi connectivity index (χ0n) is 23.7. The maximum absolute atomic E-state index is 13.9. The molecule has 0 spiro atoms. The van der Waals surface area contributed by atoms with Crippen LogP contribution in [0.3, 0.4) is 0 Å². The Morgan fingerprint density at radius 3 is 2.40 bits per heavy atom. The number of benzene rings is 3. The van der Waals surface area contributed by atoms with E-state index in [1.807, 2.05) is 42.5 Å². The number of para-hydroxylation sites is 1. The fraction of sp³-hybridized carbons (Fsp3) is 0.324. The third-order valence-corrected chi connectivity index (χ3v) is 12.4. The molecule has 218 valence electrons. The number of nitrogens with one attached hydrogen (secondary N) is 1. The number of imide groups is 1. The molecule has 5 unspecified atom stereocenters. The number of fused-ring (bicyclic) bond motifs is 9. The predicted octanol–water partition coefficient (Wildman–Crippen LogP) is 6.01. The van der Waals surface area contributed by atoms with E-state index >= 15 is 0 Å². The van der Waals surface area contributed by atoms with Crippen molar-refractivity contribution in [2.45, 2.75) is 36.1 Å². The van der Waals surface area contributed by atoms with Gasteiger partial charge in [0.2, 0.25) is 11.8 Å². The number of carbonyl (C=O) groups is 2. The van der Waals surface area contributed by atoms with Crippen LogP contribution in [-0.2, 0) is 16.2 Å². The summed E-state index contributed by atoms with van der Waals surface area (Å²) >= 11 is 2.95. The van der Waals surface area contributed by atoms with E-state index in [0.717, 1.165) is 27.5 Å². The number of aromatic nitrogens is 1. The van der Waals surface area contributed by atoms with Gasteiger partial charge in [-0.3, -0.25) is 19.3 Å². The SMILES string of the molecule is COc1cc(C2c3sc(=O)[nH]c3SC3C2[C@H]2C[C@@H]3C3C(=O)N(c4ccccc4)C(=O)C32)ccc1OCc1ccc(C)cc1. The van der Waals surface area contributed by atoms with Gasteiger partial charge in [-0.25, -0.2) is 0 Å². The lowest BCUT2D eigenvalue weighted by Crippen LogP contribution is -2.42. The summed E-state index contributed by atoms with van der Waals surface area (Å²) in [4.78, 5) is 45.8. The summed E-state index contributed by atoms with van der Waals surface area (Å²) in [6.07, 6.45) is 0.850. The first-order valence-electron chi connectivity index (χ1n) is 14.6. The lowest BCUT2D eigenvalue weighted by atomic mass is 9.68. The van der Waals surface area contributed by atoms with Crippen molar-refractivity contribution in [3.8, 4) is 11.5 Å². The van der Waals surface area contributed by atoms with Gasteiger partial charge in [-0.2, -0.15) is 0 Å². The second-order valence-electron chi connectivity index (χ2n) is 12.0. The molecule has 2 saturated carbocycles. The number of H-pyrrole nitrogens is 1. The highest BCUT2D eigenvalue weighted by Gasteiger charge is 2.69. The van der Waals surface area contributed by atoms with E-state index < -0.39 is 0 Å². The number of carbonyl (C=O) groups excluding carboxylic acids is 2. The van der Waals surface area contributed by atoms with Gasteiger partial charge in [-0.1, -0.05) is 65.4 Å². The monoisotopic (exact) mass is 610 g/mol. The first-order chi connectivity index (χ1) is 20.9. The quantitative estimate of drug-likeness (QED) is 0.269. The number of aromatic amines is 1. The third-order valence-electron chi connectivity index (χ3n) is 9.80. The molecule has 2 aliphatic carbocycles. The van der Waals surface area contributed by atoms with Gasteiger partial charge >= 0.3 is 4.87 Å². The van der Waals surface area contributed by atoms with Crippen LogP contribution in [0.15, 0.2) is 82.6 Å². The molecule has 3 aromatic carbocycles. The van der Waals surface area contributed by atoms with Gasteiger partial charge in [-0.15, -0.1) is 11.8 Å². The highest BCUT2D eigenvalue weighted by atomic mass is 32.2. The number of amides is 2. The van der Waals surface area contributed by atoms with Crippen LogP contribution in [0.2, 0.25) is 0 Å². The summed E-state index contributed by atoms with van der Waals surface area (Å²) in [7, 11) is 1.64. The summed E-state index contributed by atoms with van der Waals surface area (Å²) in [6, 6.07) is 23.6. The van der Waals surface area contributed by atoms with Crippen LogP contribution in [0.4, 0.5) is 5.69 Å². The summed E-state index contributed by atoms with van der Waals surface area (Å²) in [6.45, 7) is 2.48. The molecular formula is C34H30N2O5S2. The molecule has 3 fully saturated rings. The van der Waals surface area contributed by atoms with Crippen molar-refractivity contribution in [3.63, 3.8) is 0 Å². The Kier molecular flexibility index (Phi) is 6.31. The van der Waals surface area contributed by atoms with Crippen molar-refractivity contribution in [2.24, 2.45) is 29.6 Å². The predicted molar refractivity (Wildman–Crippen MR) is 166 cm³/mol. The lowest BCUT2D eigenvalue weighted by Gasteiger charge is -2.43. The maximum atomic E-state index is 13.9. The van der Waals surface area contributed by atoms with E-state index in [1.54, 1.807) is 18.9 Å². The first kappa shape index (κ1) is 26.8. The van der Waals surface area contributed by atoms with E-state index in [9.17, 15) is 14.4 Å². The Labute approximate surface area is 257 Å². The smallest absolute Gasteiger partial charge is 0.305 e. The second-order valence-corrected chi connectivity index (χ2v) is 14.2. The molecule has 2 amide bonds. The number of methoxy groups -OCH3 is 1. The zero-order chi connectivity index (χ0) is 29.4. The van der Waals surface area contributed by atoms with Gasteiger partial charge < -0.3 is 14.5 Å². The van der Waals surface area contributed by atoms with E-state index in [0.29, 0.717) is 23.8 Å². The zero-order valence-corrected chi connectivity index (χ0v) is 25.3. The summed E-state index contributed by atoms with van der Waals surface area (Å²) < 4.78 is 12.0. The van der Waals surface area contributed by atoms with E-state index in [2.05, 4.69) is 42.2 Å². The Balaban J connectivity index is 1.15. The van der Waals surface area contributed by atoms with E-state index in [4.69, 9.17) is 9.47 Å². The molecule has 4 aliphatic rings. The standard InChI is InChI=1S/C34H30N2O5S2/c1-17-8-10-18(11-9-17)16-41-23-13-12-19(14-24(23)40-2)25-26-21-15-22(29(26)42-31-30(25)43-34(39)35-31)28-27(21)32(37)36(33(28)38)20-6-4-3-5-7-20/h3-14,21-22,25-29H,15-16H2,1-2H3,(H,35,39)/t21-,22-,25?,26?,27?,28?,29?/m1/s1. The summed E-state index contributed by atoms with van der Waals surface area (Å²) in [5.41, 5.74) is 3.95. The van der Waals surface area contributed by atoms with E-state index in [-0.39, 0.29) is 57.4 Å². The number of hydrogen-bond acceptors (Lipinski definition) is 7. The lowest BCUT2D eigenvalue weighted by molar-refractivity contribution is -0.123. The summed E-state index contributed by atoms with van der Waals surface area (Å²) in [5, 5.41) is 1.02. The van der Waals surface area contributed by atoms with Gasteiger partial charge in [0.1, 0.15) is 6.61 Å². The van der Waals surface area contributed by atoms with Crippen LogP contribution in [0.25, 0.3) is 0 Å². The molecule has 9 heteroatoms. The fourth-order valence-electron chi connectivity index (χ4n) is 8.06. The van der Waals surface area contributed by atoms with Crippen molar-refractivity contribution >= 4 is 40.6 Å². The molecule has 1 aromatic heterocycles. The highest BCUT2D eigenvalue weighted by molar-refractivity contribution is 8.00. The van der Waals surface area contributed by atoms with Gasteiger partial charge in [-0.05, 0) is 66.5 Å². The molecule has 8 rings (SSSR count). The Hall–Kier alpha value is -3.82. The fourth-order valence-corrected chi connectivity index (χ4v) is 11.0. The van der Waals surface area contributed by atoms with Crippen molar-refractivity contribution < 1.29 is 19.1 Å². The molecule has 7 atom stereocenters. The van der Waals surface area contributed by atoms with Crippen molar-refractivity contribution in [1.29, 1.82) is 0 Å². The van der Waals surface area contributed by atoms with Crippen LogP contribution in [-0.4, -0.2) is 29.2 Å². The molecule has 1 N–H and O–H groups in total. The molecule has 0 radical (unpaired) electrons. The van der Waals surface area contributed by atoms with Crippen molar-refractivity contribution in [1.82, 2.24) is 4.98 Å². The minimum Gasteiger partial charge on any atom is -0.493 e. The Morgan fingerprint density at radius 2 is 1.65 bits per heavy atom. The normalized spacial score (nSPS) is 28.5. The van der Waals surface area contributed by atoms with Gasteiger partial charge in [0, 0.05) is 16.0 Å². The maximum Gasteiger partial charge on any atom is 0.305 e. The first-order valence-corrected chi connectivity index (χ1v) is 16.3. The van der Waals surface area contributed by atoms with Crippen LogP contribution >= 0.6 is 23.1 Å². The molecule has 43 heavy (non-hydrogen) atoms. The molecule has 2 aliphatic heterocycles. The number of ether oxygens (including phenoxy) is 2. The Bertz CT molecular complexity index is 1800. The topological polar surface area (TPSA) is 88.7 Å². The molecule has 7 nitrogen and oxygen atoms in total. The van der Waals surface area contributed by atoms with Gasteiger partial charge in [0.05, 0.1) is 29.7 Å². The number of nitrogens with zero attached hydrogens (tertiary/aromatic N) is 1. The van der Waals surface area contributed by atoms with Crippen LogP contribution in [0.1, 0.15) is 33.9 Å². The largest absolute Gasteiger partial charge is 0.493 e. The van der Waals surface area contributed by atoms with Crippen LogP contribution in [0.5, 0.6) is 11.5 Å². The number of aryl methyl sites for hydroxylation is 1.